The Labute approximate surface area is 155 Å². The van der Waals surface area contributed by atoms with Crippen molar-refractivity contribution >= 4 is 0 Å². The summed E-state index contributed by atoms with van der Waals surface area (Å²) in [5.74, 6) is 1.73. The quantitative estimate of drug-likeness (QED) is 0.439. The first-order valence-corrected chi connectivity index (χ1v) is 10.2. The van der Waals surface area contributed by atoms with E-state index in [2.05, 4.69) is 37.3 Å². The molecule has 1 aliphatic carbocycles. The van der Waals surface area contributed by atoms with Gasteiger partial charge in [-0.15, -0.1) is 0 Å². The minimum absolute atomic E-state index is 0.262. The predicted octanol–water partition coefficient (Wildman–Crippen LogP) is 5.90. The third-order valence-corrected chi connectivity index (χ3v) is 6.00. The average molecular weight is 347 g/mol. The molecule has 142 valence electrons. The number of methoxy groups -OCH3 is 2. The summed E-state index contributed by atoms with van der Waals surface area (Å²) < 4.78 is 11.1. The van der Waals surface area contributed by atoms with Crippen molar-refractivity contribution in [3.8, 4) is 0 Å². The van der Waals surface area contributed by atoms with Gasteiger partial charge in [-0.05, 0) is 43.1 Å². The Morgan fingerprint density at radius 3 is 2.12 bits per heavy atom. The minimum atomic E-state index is 0.262. The van der Waals surface area contributed by atoms with Crippen molar-refractivity contribution < 1.29 is 9.47 Å². The maximum absolute atomic E-state index is 5.57. The number of aryl methyl sites for hydroxylation is 1. The molecular formula is C23H38O2. The lowest BCUT2D eigenvalue weighted by molar-refractivity contribution is 0.0101. The van der Waals surface area contributed by atoms with Gasteiger partial charge in [0.15, 0.2) is 0 Å². The summed E-state index contributed by atoms with van der Waals surface area (Å²) in [6.07, 6.45) is 11.9. The number of unbranched alkanes of at least 4 members (excludes halogenated alkanes) is 2. The van der Waals surface area contributed by atoms with E-state index in [4.69, 9.17) is 9.47 Å². The van der Waals surface area contributed by atoms with Gasteiger partial charge in [0.1, 0.15) is 0 Å². The molecule has 0 radical (unpaired) electrons. The topological polar surface area (TPSA) is 18.5 Å². The highest BCUT2D eigenvalue weighted by atomic mass is 16.5. The fourth-order valence-electron chi connectivity index (χ4n) is 5.02. The second-order valence-electron chi connectivity index (χ2n) is 8.17. The fourth-order valence-corrected chi connectivity index (χ4v) is 5.02. The van der Waals surface area contributed by atoms with E-state index in [-0.39, 0.29) is 5.41 Å². The summed E-state index contributed by atoms with van der Waals surface area (Å²) in [4.78, 5) is 0. The first kappa shape index (κ1) is 20.5. The maximum Gasteiger partial charge on any atom is 0.0540 e. The van der Waals surface area contributed by atoms with Crippen molar-refractivity contribution in [3.63, 3.8) is 0 Å². The molecule has 1 aromatic carbocycles. The number of ether oxygens (including phenoxy) is 2. The number of hydrogen-bond acceptors (Lipinski definition) is 2. The monoisotopic (exact) mass is 346 g/mol. The van der Waals surface area contributed by atoms with Crippen LogP contribution in [0.5, 0.6) is 0 Å². The molecule has 1 aliphatic rings. The average Bonchev–Trinajstić information content (AvgIpc) is 2.94. The lowest BCUT2D eigenvalue weighted by Crippen LogP contribution is -2.29. The Kier molecular flexibility index (Phi) is 8.98. The molecule has 1 saturated carbocycles. The Balaban J connectivity index is 1.77. The Morgan fingerprint density at radius 2 is 1.52 bits per heavy atom. The van der Waals surface area contributed by atoms with E-state index in [0.717, 1.165) is 25.0 Å². The van der Waals surface area contributed by atoms with Crippen LogP contribution in [0.1, 0.15) is 63.9 Å². The smallest absolute Gasteiger partial charge is 0.0540 e. The standard InChI is InChI=1S/C23H38O2/c1-4-11-21-16-23(18-24-2,19-25-3)17-22(21)15-10-6-9-14-20-12-7-5-8-13-20/h5,7-8,12-13,21-22H,4,6,9-11,14-19H2,1-3H3. The highest BCUT2D eigenvalue weighted by Crippen LogP contribution is 2.49. The van der Waals surface area contributed by atoms with Crippen LogP contribution in [-0.2, 0) is 15.9 Å². The molecule has 0 aromatic heterocycles. The summed E-state index contributed by atoms with van der Waals surface area (Å²) in [6, 6.07) is 10.9. The van der Waals surface area contributed by atoms with Gasteiger partial charge in [-0.25, -0.2) is 0 Å². The molecule has 0 bridgehead atoms. The zero-order valence-electron chi connectivity index (χ0n) is 16.6. The molecular weight excluding hydrogens is 308 g/mol. The van der Waals surface area contributed by atoms with Crippen molar-refractivity contribution in [2.75, 3.05) is 27.4 Å². The molecule has 0 amide bonds. The van der Waals surface area contributed by atoms with Gasteiger partial charge >= 0.3 is 0 Å². The van der Waals surface area contributed by atoms with Gasteiger partial charge in [0.2, 0.25) is 0 Å². The summed E-state index contributed by atoms with van der Waals surface area (Å²) in [5, 5.41) is 0. The number of benzene rings is 1. The van der Waals surface area contributed by atoms with Crippen LogP contribution in [0.15, 0.2) is 30.3 Å². The first-order chi connectivity index (χ1) is 12.2. The van der Waals surface area contributed by atoms with Crippen LogP contribution in [-0.4, -0.2) is 27.4 Å². The van der Waals surface area contributed by atoms with Crippen LogP contribution < -0.4 is 0 Å². The maximum atomic E-state index is 5.57. The second kappa shape index (κ2) is 11.0. The van der Waals surface area contributed by atoms with Gasteiger partial charge in [0, 0.05) is 19.6 Å². The lowest BCUT2D eigenvalue weighted by Gasteiger charge is -2.27. The Bertz CT molecular complexity index is 450. The summed E-state index contributed by atoms with van der Waals surface area (Å²) in [5.41, 5.74) is 1.74. The number of rotatable bonds is 12. The van der Waals surface area contributed by atoms with Crippen molar-refractivity contribution in [2.45, 2.75) is 64.7 Å². The minimum Gasteiger partial charge on any atom is -0.384 e. The van der Waals surface area contributed by atoms with Crippen LogP contribution in [0.4, 0.5) is 0 Å². The van der Waals surface area contributed by atoms with Crippen LogP contribution >= 0.6 is 0 Å². The van der Waals surface area contributed by atoms with E-state index in [9.17, 15) is 0 Å². The van der Waals surface area contributed by atoms with E-state index in [1.165, 1.54) is 63.4 Å². The van der Waals surface area contributed by atoms with Gasteiger partial charge < -0.3 is 9.47 Å². The molecule has 0 aliphatic heterocycles. The van der Waals surface area contributed by atoms with E-state index in [1.807, 2.05) is 14.2 Å². The van der Waals surface area contributed by atoms with Crippen molar-refractivity contribution in [1.82, 2.24) is 0 Å². The van der Waals surface area contributed by atoms with E-state index in [1.54, 1.807) is 0 Å². The third-order valence-electron chi connectivity index (χ3n) is 6.00. The van der Waals surface area contributed by atoms with Crippen LogP contribution in [0.25, 0.3) is 0 Å². The number of hydrogen-bond donors (Lipinski definition) is 0. The SMILES string of the molecule is CCCC1CC(COC)(COC)CC1CCCCCc1ccccc1. The van der Waals surface area contributed by atoms with Gasteiger partial charge in [-0.1, -0.05) is 69.4 Å². The van der Waals surface area contributed by atoms with Crippen molar-refractivity contribution in [1.29, 1.82) is 0 Å². The molecule has 2 heteroatoms. The summed E-state index contributed by atoms with van der Waals surface area (Å²) in [6.45, 7) is 4.03. The van der Waals surface area contributed by atoms with Crippen LogP contribution in [0.2, 0.25) is 0 Å². The largest absolute Gasteiger partial charge is 0.384 e. The zero-order valence-corrected chi connectivity index (χ0v) is 16.6. The van der Waals surface area contributed by atoms with Crippen molar-refractivity contribution in [3.05, 3.63) is 35.9 Å². The first-order valence-electron chi connectivity index (χ1n) is 10.2. The molecule has 0 saturated heterocycles. The molecule has 0 spiro atoms. The van der Waals surface area contributed by atoms with E-state index in [0.29, 0.717) is 0 Å². The second-order valence-corrected chi connectivity index (χ2v) is 8.17. The van der Waals surface area contributed by atoms with E-state index >= 15 is 0 Å². The molecule has 2 unspecified atom stereocenters. The van der Waals surface area contributed by atoms with Gasteiger partial charge in [-0.2, -0.15) is 0 Å². The van der Waals surface area contributed by atoms with Gasteiger partial charge in [0.05, 0.1) is 13.2 Å². The lowest BCUT2D eigenvalue weighted by atomic mass is 9.86. The molecule has 0 N–H and O–H groups in total. The summed E-state index contributed by atoms with van der Waals surface area (Å²) >= 11 is 0. The normalized spacial score (nSPS) is 22.4. The molecule has 0 heterocycles. The summed E-state index contributed by atoms with van der Waals surface area (Å²) in [7, 11) is 3.67. The Hall–Kier alpha value is -0.860. The molecule has 2 rings (SSSR count). The third kappa shape index (κ3) is 6.42. The van der Waals surface area contributed by atoms with Crippen LogP contribution in [0, 0.1) is 17.3 Å². The van der Waals surface area contributed by atoms with Crippen LogP contribution in [0.3, 0.4) is 0 Å². The van der Waals surface area contributed by atoms with Gasteiger partial charge in [-0.3, -0.25) is 0 Å². The highest BCUT2D eigenvalue weighted by molar-refractivity contribution is 5.14. The molecule has 1 aromatic rings. The molecule has 1 fully saturated rings. The molecule has 2 nitrogen and oxygen atoms in total. The zero-order chi connectivity index (χ0) is 18.0. The van der Waals surface area contributed by atoms with Crippen molar-refractivity contribution in [2.24, 2.45) is 17.3 Å². The van der Waals surface area contributed by atoms with Gasteiger partial charge in [0.25, 0.3) is 0 Å². The highest BCUT2D eigenvalue weighted by Gasteiger charge is 2.44. The molecule has 2 atom stereocenters. The Morgan fingerprint density at radius 1 is 0.880 bits per heavy atom. The molecule has 25 heavy (non-hydrogen) atoms. The predicted molar refractivity (Wildman–Crippen MR) is 106 cm³/mol. The van der Waals surface area contributed by atoms with E-state index < -0.39 is 0 Å². The fraction of sp³-hybridized carbons (Fsp3) is 0.739.